The number of nitrogens with zero attached hydrogens (tertiary/aromatic N) is 3. The van der Waals surface area contributed by atoms with Crippen LogP contribution >= 0.6 is 23.1 Å². The highest BCUT2D eigenvalue weighted by molar-refractivity contribution is 7.99. The normalized spacial score (nSPS) is 15.9. The Bertz CT molecular complexity index is 859. The molecule has 0 aromatic carbocycles. The molecule has 0 aliphatic heterocycles. The minimum atomic E-state index is -0.393. The zero-order valence-electron chi connectivity index (χ0n) is 15.4. The molecule has 9 heteroatoms. The average molecular weight is 407 g/mol. The van der Waals surface area contributed by atoms with Crippen molar-refractivity contribution in [2.24, 2.45) is 5.92 Å². The number of allylic oxidation sites excluding steroid dienone is 1. The van der Waals surface area contributed by atoms with Crippen LogP contribution in [-0.2, 0) is 28.9 Å². The van der Waals surface area contributed by atoms with Gasteiger partial charge in [0.1, 0.15) is 11.3 Å². The molecule has 3 rings (SSSR count). The lowest BCUT2D eigenvalue weighted by Crippen LogP contribution is -2.17. The fourth-order valence-electron chi connectivity index (χ4n) is 3.07. The van der Waals surface area contributed by atoms with Gasteiger partial charge in [0.05, 0.1) is 18.4 Å². The highest BCUT2D eigenvalue weighted by atomic mass is 32.2. The summed E-state index contributed by atoms with van der Waals surface area (Å²) < 4.78 is 6.77. The lowest BCUT2D eigenvalue weighted by atomic mass is 9.88. The SMILES string of the molecule is C=CCn1cnnc1SCC(=O)Nc1sc2c(c1C(=O)OC)CCC(C)C2. The second-order valence-corrected chi connectivity index (χ2v) is 8.49. The van der Waals surface area contributed by atoms with E-state index in [0.717, 1.165) is 24.8 Å². The van der Waals surface area contributed by atoms with Crippen molar-refractivity contribution in [1.82, 2.24) is 14.8 Å². The maximum atomic E-state index is 12.5. The summed E-state index contributed by atoms with van der Waals surface area (Å²) in [5.41, 5.74) is 1.54. The zero-order valence-corrected chi connectivity index (χ0v) is 17.0. The molecule has 0 saturated heterocycles. The second kappa shape index (κ2) is 8.71. The van der Waals surface area contributed by atoms with E-state index in [1.165, 1.54) is 35.1 Å². The molecule has 1 aliphatic rings. The molecular weight excluding hydrogens is 384 g/mol. The predicted octanol–water partition coefficient (Wildman–Crippen LogP) is 3.17. The number of thioether (sulfide) groups is 1. The van der Waals surface area contributed by atoms with E-state index in [1.807, 2.05) is 4.57 Å². The number of fused-ring (bicyclic) bond motifs is 1. The number of aromatic nitrogens is 3. The van der Waals surface area contributed by atoms with Crippen molar-refractivity contribution < 1.29 is 14.3 Å². The van der Waals surface area contributed by atoms with Gasteiger partial charge in [0.25, 0.3) is 0 Å². The van der Waals surface area contributed by atoms with Crippen LogP contribution in [0.15, 0.2) is 24.1 Å². The number of carbonyl (C=O) groups excluding carboxylic acids is 2. The van der Waals surface area contributed by atoms with Crippen LogP contribution < -0.4 is 5.32 Å². The maximum Gasteiger partial charge on any atom is 0.341 e. The lowest BCUT2D eigenvalue weighted by Gasteiger charge is -2.18. The van der Waals surface area contributed by atoms with Gasteiger partial charge in [0.15, 0.2) is 5.16 Å². The third-order valence-electron chi connectivity index (χ3n) is 4.39. The molecule has 0 radical (unpaired) electrons. The fourth-order valence-corrected chi connectivity index (χ4v) is 5.21. The summed E-state index contributed by atoms with van der Waals surface area (Å²) in [5.74, 6) is 0.174. The molecule has 7 nitrogen and oxygen atoms in total. The van der Waals surface area contributed by atoms with E-state index in [0.29, 0.717) is 28.2 Å². The van der Waals surface area contributed by atoms with Gasteiger partial charge in [-0.1, -0.05) is 24.8 Å². The standard InChI is InChI=1S/C18H22N4O3S2/c1-4-7-22-10-19-21-18(22)26-9-14(23)20-16-15(17(24)25-3)12-6-5-11(2)8-13(12)27-16/h4,10-11H,1,5-9H2,2-3H3,(H,20,23). The zero-order chi connectivity index (χ0) is 19.4. The van der Waals surface area contributed by atoms with Crippen LogP contribution in [0.1, 0.15) is 34.1 Å². The predicted molar refractivity (Wildman–Crippen MR) is 106 cm³/mol. The summed E-state index contributed by atoms with van der Waals surface area (Å²) >= 11 is 2.78. The van der Waals surface area contributed by atoms with Crippen molar-refractivity contribution in [2.75, 3.05) is 18.2 Å². The Morgan fingerprint density at radius 1 is 1.56 bits per heavy atom. The average Bonchev–Trinajstić information content (AvgIpc) is 3.23. The van der Waals surface area contributed by atoms with Crippen LogP contribution in [0.2, 0.25) is 0 Å². The van der Waals surface area contributed by atoms with Crippen LogP contribution in [0.3, 0.4) is 0 Å². The first-order chi connectivity index (χ1) is 13.0. The maximum absolute atomic E-state index is 12.5. The summed E-state index contributed by atoms with van der Waals surface area (Å²) in [4.78, 5) is 25.9. The van der Waals surface area contributed by atoms with Crippen molar-refractivity contribution in [3.05, 3.63) is 35.0 Å². The number of thiophene rings is 1. The van der Waals surface area contributed by atoms with Crippen LogP contribution in [0.4, 0.5) is 5.00 Å². The molecule has 2 heterocycles. The van der Waals surface area contributed by atoms with Gasteiger partial charge in [-0.15, -0.1) is 28.1 Å². The first-order valence-electron chi connectivity index (χ1n) is 8.67. The summed E-state index contributed by atoms with van der Waals surface area (Å²) in [6.45, 7) is 6.48. The molecule has 1 unspecified atom stereocenters. The number of anilines is 1. The Balaban J connectivity index is 1.72. The number of ether oxygens (including phenoxy) is 1. The van der Waals surface area contributed by atoms with Crippen LogP contribution in [-0.4, -0.2) is 39.5 Å². The van der Waals surface area contributed by atoms with E-state index in [1.54, 1.807) is 12.4 Å². The molecule has 1 N–H and O–H groups in total. The Hall–Kier alpha value is -2.13. The van der Waals surface area contributed by atoms with Crippen molar-refractivity contribution in [3.8, 4) is 0 Å². The Labute approximate surface area is 166 Å². The van der Waals surface area contributed by atoms with E-state index in [-0.39, 0.29) is 11.7 Å². The third kappa shape index (κ3) is 4.41. The smallest absolute Gasteiger partial charge is 0.341 e. The number of methoxy groups -OCH3 is 1. The van der Waals surface area contributed by atoms with Gasteiger partial charge in [0, 0.05) is 11.4 Å². The van der Waals surface area contributed by atoms with E-state index < -0.39 is 5.97 Å². The molecule has 144 valence electrons. The Morgan fingerprint density at radius 3 is 3.11 bits per heavy atom. The summed E-state index contributed by atoms with van der Waals surface area (Å²) in [7, 11) is 1.37. The lowest BCUT2D eigenvalue weighted by molar-refractivity contribution is -0.113. The van der Waals surface area contributed by atoms with E-state index in [4.69, 9.17) is 4.74 Å². The quantitative estimate of drug-likeness (QED) is 0.432. The molecule has 0 bridgehead atoms. The molecule has 1 aliphatic carbocycles. The largest absolute Gasteiger partial charge is 0.465 e. The van der Waals surface area contributed by atoms with Crippen molar-refractivity contribution in [1.29, 1.82) is 0 Å². The fraction of sp³-hybridized carbons (Fsp3) is 0.444. The van der Waals surface area contributed by atoms with Gasteiger partial charge in [-0.25, -0.2) is 4.79 Å². The number of nitrogens with one attached hydrogen (secondary N) is 1. The highest BCUT2D eigenvalue weighted by Crippen LogP contribution is 2.40. The van der Waals surface area contributed by atoms with Crippen molar-refractivity contribution >= 4 is 40.0 Å². The number of carbonyl (C=O) groups is 2. The number of rotatable bonds is 7. The topological polar surface area (TPSA) is 86.1 Å². The minimum absolute atomic E-state index is 0.176. The van der Waals surface area contributed by atoms with Gasteiger partial charge >= 0.3 is 5.97 Å². The monoisotopic (exact) mass is 406 g/mol. The molecule has 1 atom stereocenters. The summed E-state index contributed by atoms with van der Waals surface area (Å²) in [6.07, 6.45) is 6.15. The van der Waals surface area contributed by atoms with Crippen molar-refractivity contribution in [2.45, 2.75) is 37.9 Å². The van der Waals surface area contributed by atoms with E-state index in [9.17, 15) is 9.59 Å². The first-order valence-corrected chi connectivity index (χ1v) is 10.5. The molecule has 2 aromatic heterocycles. The molecule has 0 fully saturated rings. The Kier molecular flexibility index (Phi) is 6.33. The number of esters is 1. The molecule has 0 saturated carbocycles. The number of amides is 1. The molecular formula is C18H22N4O3S2. The van der Waals surface area contributed by atoms with Crippen LogP contribution in [0, 0.1) is 5.92 Å². The van der Waals surface area contributed by atoms with Crippen molar-refractivity contribution in [3.63, 3.8) is 0 Å². The van der Waals surface area contributed by atoms with Crippen LogP contribution in [0.5, 0.6) is 0 Å². The van der Waals surface area contributed by atoms with E-state index in [2.05, 4.69) is 29.0 Å². The highest BCUT2D eigenvalue weighted by Gasteiger charge is 2.28. The Morgan fingerprint density at radius 2 is 2.37 bits per heavy atom. The third-order valence-corrected chi connectivity index (χ3v) is 6.54. The van der Waals surface area contributed by atoms with Gasteiger partial charge in [-0.05, 0) is 30.7 Å². The molecule has 2 aromatic rings. The van der Waals surface area contributed by atoms with Gasteiger partial charge in [-0.3, -0.25) is 4.79 Å². The molecule has 0 spiro atoms. The number of hydrogen-bond donors (Lipinski definition) is 1. The van der Waals surface area contributed by atoms with Gasteiger partial charge in [0.2, 0.25) is 5.91 Å². The minimum Gasteiger partial charge on any atom is -0.465 e. The summed E-state index contributed by atoms with van der Waals surface area (Å²) in [5, 5.41) is 12.0. The molecule has 1 amide bonds. The summed E-state index contributed by atoms with van der Waals surface area (Å²) in [6, 6.07) is 0. The second-order valence-electron chi connectivity index (χ2n) is 6.44. The van der Waals surface area contributed by atoms with Crippen LogP contribution in [0.25, 0.3) is 0 Å². The van der Waals surface area contributed by atoms with Gasteiger partial charge < -0.3 is 14.6 Å². The molecule has 27 heavy (non-hydrogen) atoms. The van der Waals surface area contributed by atoms with E-state index >= 15 is 0 Å². The first kappa shape index (κ1) is 19.6. The van der Waals surface area contributed by atoms with Gasteiger partial charge in [-0.2, -0.15) is 0 Å². The number of hydrogen-bond acceptors (Lipinski definition) is 7.